The number of carboxylic acid groups (broad SMARTS) is 1. The van der Waals surface area contributed by atoms with E-state index in [0.29, 0.717) is 11.3 Å². The Morgan fingerprint density at radius 1 is 1.56 bits per heavy atom. The van der Waals surface area contributed by atoms with Crippen LogP contribution in [-0.2, 0) is 4.79 Å². The lowest BCUT2D eigenvalue weighted by Gasteiger charge is -2.18. The highest BCUT2D eigenvalue weighted by atomic mass is 16.4. The van der Waals surface area contributed by atoms with E-state index >= 15 is 0 Å². The molecule has 0 spiro atoms. The first-order valence-corrected chi connectivity index (χ1v) is 5.16. The van der Waals surface area contributed by atoms with Crippen molar-refractivity contribution in [2.45, 2.75) is 25.8 Å². The predicted molar refractivity (Wildman–Crippen MR) is 55.1 cm³/mol. The van der Waals surface area contributed by atoms with Gasteiger partial charge in [0.15, 0.2) is 0 Å². The maximum Gasteiger partial charge on any atom is 0.323 e. The Balaban J connectivity index is 2.13. The van der Waals surface area contributed by atoms with E-state index in [1.807, 2.05) is 0 Å². The van der Waals surface area contributed by atoms with E-state index < -0.39 is 5.97 Å². The molecule has 2 rings (SSSR count). The monoisotopic (exact) mass is 223 g/mol. The number of furan rings is 1. The first-order valence-electron chi connectivity index (χ1n) is 5.16. The highest BCUT2D eigenvalue weighted by Crippen LogP contribution is 2.28. The Kier molecular flexibility index (Phi) is 2.68. The van der Waals surface area contributed by atoms with E-state index in [9.17, 15) is 9.59 Å². The molecule has 0 radical (unpaired) electrons. The van der Waals surface area contributed by atoms with Crippen LogP contribution in [0.25, 0.3) is 0 Å². The fraction of sp³-hybridized carbons (Fsp3) is 0.455. The fourth-order valence-corrected chi connectivity index (χ4v) is 1.62. The van der Waals surface area contributed by atoms with Crippen LogP contribution < -0.4 is 0 Å². The van der Waals surface area contributed by atoms with Gasteiger partial charge in [-0.25, -0.2) is 0 Å². The van der Waals surface area contributed by atoms with Gasteiger partial charge in [0.25, 0.3) is 5.91 Å². The van der Waals surface area contributed by atoms with E-state index in [4.69, 9.17) is 9.52 Å². The minimum atomic E-state index is -0.986. The van der Waals surface area contributed by atoms with E-state index in [-0.39, 0.29) is 18.5 Å². The number of aliphatic carboxylic acids is 1. The summed E-state index contributed by atoms with van der Waals surface area (Å²) in [6.45, 7) is 1.50. The number of hydrogen-bond acceptors (Lipinski definition) is 3. The molecule has 1 N–H and O–H groups in total. The first kappa shape index (κ1) is 10.7. The van der Waals surface area contributed by atoms with Crippen LogP contribution in [0.15, 0.2) is 16.7 Å². The standard InChI is InChI=1S/C11H13NO4/c1-7-4-8(6-16-7)11(15)12(5-10(13)14)9-2-3-9/h4,6,9H,2-3,5H2,1H3,(H,13,14). The third-order valence-electron chi connectivity index (χ3n) is 2.53. The summed E-state index contributed by atoms with van der Waals surface area (Å²) in [6, 6.07) is 1.71. The Bertz CT molecular complexity index is 419. The Hall–Kier alpha value is -1.78. The fourth-order valence-electron chi connectivity index (χ4n) is 1.62. The summed E-state index contributed by atoms with van der Waals surface area (Å²) in [5.74, 6) is -0.600. The first-order chi connectivity index (χ1) is 7.58. The van der Waals surface area contributed by atoms with Crippen LogP contribution in [0.5, 0.6) is 0 Å². The lowest BCUT2D eigenvalue weighted by molar-refractivity contribution is -0.137. The van der Waals surface area contributed by atoms with Crippen molar-refractivity contribution < 1.29 is 19.1 Å². The topological polar surface area (TPSA) is 70.8 Å². The summed E-state index contributed by atoms with van der Waals surface area (Å²) in [5, 5.41) is 8.74. The van der Waals surface area contributed by atoms with Gasteiger partial charge in [-0.15, -0.1) is 0 Å². The molecule has 0 aliphatic heterocycles. The van der Waals surface area contributed by atoms with Crippen LogP contribution >= 0.6 is 0 Å². The van der Waals surface area contributed by atoms with Crippen molar-refractivity contribution in [1.29, 1.82) is 0 Å². The molecule has 5 nitrogen and oxygen atoms in total. The molecule has 1 aliphatic carbocycles. The highest BCUT2D eigenvalue weighted by molar-refractivity contribution is 5.96. The van der Waals surface area contributed by atoms with Crippen molar-refractivity contribution in [2.75, 3.05) is 6.54 Å². The zero-order valence-corrected chi connectivity index (χ0v) is 8.97. The van der Waals surface area contributed by atoms with Gasteiger partial charge in [-0.3, -0.25) is 9.59 Å². The van der Waals surface area contributed by atoms with Crippen molar-refractivity contribution >= 4 is 11.9 Å². The average Bonchev–Trinajstić information content (AvgIpc) is 2.96. The summed E-state index contributed by atoms with van der Waals surface area (Å²) in [5.41, 5.74) is 0.422. The van der Waals surface area contributed by atoms with Crippen LogP contribution in [0.4, 0.5) is 0 Å². The van der Waals surface area contributed by atoms with Gasteiger partial charge in [-0.05, 0) is 25.8 Å². The number of carboxylic acids is 1. The van der Waals surface area contributed by atoms with Gasteiger partial charge < -0.3 is 14.4 Å². The predicted octanol–water partition coefficient (Wildman–Crippen LogP) is 1.28. The van der Waals surface area contributed by atoms with E-state index in [1.54, 1.807) is 13.0 Å². The van der Waals surface area contributed by atoms with Crippen LogP contribution in [0, 0.1) is 6.92 Å². The largest absolute Gasteiger partial charge is 0.480 e. The molecule has 0 atom stereocenters. The molecule has 0 saturated heterocycles. The third kappa shape index (κ3) is 2.24. The van der Waals surface area contributed by atoms with Crippen molar-refractivity contribution in [3.63, 3.8) is 0 Å². The SMILES string of the molecule is Cc1cc(C(=O)N(CC(=O)O)C2CC2)co1. The second-order valence-electron chi connectivity index (χ2n) is 4.00. The molecule has 16 heavy (non-hydrogen) atoms. The summed E-state index contributed by atoms with van der Waals surface area (Å²) in [7, 11) is 0. The maximum absolute atomic E-state index is 12.0. The second kappa shape index (κ2) is 4.00. The lowest BCUT2D eigenvalue weighted by Crippen LogP contribution is -2.37. The quantitative estimate of drug-likeness (QED) is 0.834. The summed E-state index contributed by atoms with van der Waals surface area (Å²) >= 11 is 0. The molecule has 1 aliphatic rings. The van der Waals surface area contributed by atoms with Crippen LogP contribution in [0.2, 0.25) is 0 Å². The molecule has 1 amide bonds. The molecule has 86 valence electrons. The van der Waals surface area contributed by atoms with Gasteiger partial charge >= 0.3 is 5.97 Å². The van der Waals surface area contributed by atoms with Gasteiger partial charge in [0.1, 0.15) is 18.6 Å². The Morgan fingerprint density at radius 2 is 2.25 bits per heavy atom. The van der Waals surface area contributed by atoms with Gasteiger partial charge in [-0.2, -0.15) is 0 Å². The molecule has 1 aromatic rings. The van der Waals surface area contributed by atoms with Gasteiger partial charge in [-0.1, -0.05) is 0 Å². The van der Waals surface area contributed by atoms with Crippen molar-refractivity contribution in [1.82, 2.24) is 4.90 Å². The van der Waals surface area contributed by atoms with E-state index in [0.717, 1.165) is 12.8 Å². The van der Waals surface area contributed by atoms with Gasteiger partial charge in [0.2, 0.25) is 0 Å². The number of rotatable bonds is 4. The van der Waals surface area contributed by atoms with Crippen LogP contribution in [-0.4, -0.2) is 34.5 Å². The highest BCUT2D eigenvalue weighted by Gasteiger charge is 2.34. The number of nitrogens with zero attached hydrogens (tertiary/aromatic N) is 1. The van der Waals surface area contributed by atoms with E-state index in [1.165, 1.54) is 11.2 Å². The Morgan fingerprint density at radius 3 is 2.69 bits per heavy atom. The number of carbonyl (C=O) groups is 2. The summed E-state index contributed by atoms with van der Waals surface area (Å²) in [6.07, 6.45) is 3.14. The molecular weight excluding hydrogens is 210 g/mol. The second-order valence-corrected chi connectivity index (χ2v) is 4.00. The molecule has 0 aromatic carbocycles. The molecule has 1 fully saturated rings. The number of aryl methyl sites for hydroxylation is 1. The van der Waals surface area contributed by atoms with Gasteiger partial charge in [0, 0.05) is 6.04 Å². The molecule has 0 bridgehead atoms. The summed E-state index contributed by atoms with van der Waals surface area (Å²) < 4.78 is 5.05. The normalized spacial score (nSPS) is 14.8. The van der Waals surface area contributed by atoms with E-state index in [2.05, 4.69) is 0 Å². The van der Waals surface area contributed by atoms with Crippen LogP contribution in [0.3, 0.4) is 0 Å². The van der Waals surface area contributed by atoms with Gasteiger partial charge in [0.05, 0.1) is 5.56 Å². The lowest BCUT2D eigenvalue weighted by atomic mass is 10.2. The summed E-state index contributed by atoms with van der Waals surface area (Å²) in [4.78, 5) is 24.0. The zero-order valence-electron chi connectivity index (χ0n) is 8.97. The minimum Gasteiger partial charge on any atom is -0.480 e. The maximum atomic E-state index is 12.0. The van der Waals surface area contributed by atoms with Crippen LogP contribution in [0.1, 0.15) is 29.0 Å². The Labute approximate surface area is 92.7 Å². The number of carbonyl (C=O) groups excluding carboxylic acids is 1. The van der Waals surface area contributed by atoms with Crippen molar-refractivity contribution in [3.05, 3.63) is 23.7 Å². The minimum absolute atomic E-state index is 0.0822. The number of hydrogen-bond donors (Lipinski definition) is 1. The zero-order chi connectivity index (χ0) is 11.7. The molecule has 1 heterocycles. The van der Waals surface area contributed by atoms with Crippen molar-refractivity contribution in [2.24, 2.45) is 0 Å². The molecule has 5 heteroatoms. The third-order valence-corrected chi connectivity index (χ3v) is 2.53. The average molecular weight is 223 g/mol. The molecular formula is C11H13NO4. The van der Waals surface area contributed by atoms with Crippen molar-refractivity contribution in [3.8, 4) is 0 Å². The molecule has 1 saturated carbocycles. The number of amides is 1. The molecule has 0 unspecified atom stereocenters. The smallest absolute Gasteiger partial charge is 0.323 e. The molecule has 1 aromatic heterocycles.